The van der Waals surface area contributed by atoms with E-state index in [0.29, 0.717) is 0 Å². The molecule has 2 rings (SSSR count). The number of carbonyl (C=O) groups excluding carboxylic acids is 1. The predicted molar refractivity (Wildman–Crippen MR) is 78.0 cm³/mol. The Morgan fingerprint density at radius 3 is 2.58 bits per heavy atom. The first-order valence-electron chi connectivity index (χ1n) is 6.74. The maximum atomic E-state index is 11.9. The summed E-state index contributed by atoms with van der Waals surface area (Å²) >= 11 is 0. The first-order chi connectivity index (χ1) is 11.0. The Hall–Kier alpha value is -1.86. The van der Waals surface area contributed by atoms with Crippen molar-refractivity contribution in [3.05, 3.63) is 32.6 Å². The summed E-state index contributed by atoms with van der Waals surface area (Å²) in [5.41, 5.74) is -2.23. The van der Waals surface area contributed by atoms with E-state index >= 15 is 0 Å². The van der Waals surface area contributed by atoms with Gasteiger partial charge in [0.2, 0.25) is 0 Å². The molecule has 12 heteroatoms. The molecule has 1 saturated heterocycles. The van der Waals surface area contributed by atoms with Crippen molar-refractivity contribution in [3.8, 4) is 0 Å². The lowest BCUT2D eigenvalue weighted by Gasteiger charge is -2.19. The number of nitrogens with one attached hydrogen (secondary N) is 1. The van der Waals surface area contributed by atoms with Crippen LogP contribution in [0.25, 0.3) is 0 Å². The van der Waals surface area contributed by atoms with Crippen LogP contribution >= 0.6 is 0 Å². The molecule has 0 amide bonds. The smallest absolute Gasteiger partial charge is 0.330 e. The maximum Gasteiger partial charge on any atom is 0.330 e. The first kappa shape index (κ1) is 18.5. The Morgan fingerprint density at radius 1 is 1.46 bits per heavy atom. The number of H-pyrrole nitrogens is 1. The molecule has 134 valence electrons. The average Bonchev–Trinajstić information content (AvgIpc) is 2.74. The van der Waals surface area contributed by atoms with Crippen molar-refractivity contribution in [2.75, 3.05) is 12.9 Å². The van der Waals surface area contributed by atoms with E-state index in [1.165, 1.54) is 0 Å². The van der Waals surface area contributed by atoms with Crippen LogP contribution in [0.2, 0.25) is 0 Å². The lowest BCUT2D eigenvalue weighted by atomic mass is 10.1. The Morgan fingerprint density at radius 2 is 2.08 bits per heavy atom. The third kappa shape index (κ3) is 3.62. The van der Waals surface area contributed by atoms with Crippen LogP contribution in [0.1, 0.15) is 23.5 Å². The van der Waals surface area contributed by atoms with Gasteiger partial charge in [-0.1, -0.05) is 0 Å². The molecule has 3 N–H and O–H groups in total. The molecule has 1 aromatic heterocycles. The van der Waals surface area contributed by atoms with Crippen LogP contribution in [0.5, 0.6) is 0 Å². The first-order valence-corrected chi connectivity index (χ1v) is 8.56. The number of Topliss-reactive ketones (excluding diaryl/α,β-unsaturated/α-hetero) is 1. The minimum Gasteiger partial charge on any atom is -0.394 e. The number of nitrogens with zero attached hydrogens (tertiary/aromatic N) is 1. The molecule has 24 heavy (non-hydrogen) atoms. The van der Waals surface area contributed by atoms with Crippen molar-refractivity contribution in [1.29, 1.82) is 0 Å². The number of rotatable bonds is 5. The summed E-state index contributed by atoms with van der Waals surface area (Å²) in [5.74, 6) is -0.625. The molecule has 4 atom stereocenters. The fourth-order valence-corrected chi connectivity index (χ4v) is 2.98. The van der Waals surface area contributed by atoms with E-state index in [0.717, 1.165) is 23.9 Å². The lowest BCUT2D eigenvalue weighted by Crippen LogP contribution is -2.40. The Balaban J connectivity index is 2.46. The third-order valence-corrected chi connectivity index (χ3v) is 3.97. The van der Waals surface area contributed by atoms with E-state index < -0.39 is 58.3 Å². The number of ether oxygens (including phenoxy) is 1. The lowest BCUT2D eigenvalue weighted by molar-refractivity contribution is -0.0544. The van der Waals surface area contributed by atoms with Gasteiger partial charge in [-0.15, -0.1) is 0 Å². The molecule has 0 aliphatic carbocycles. The molecular formula is C12H16N2O9S. The van der Waals surface area contributed by atoms with Crippen LogP contribution in [0.3, 0.4) is 0 Å². The van der Waals surface area contributed by atoms with E-state index in [-0.39, 0.29) is 5.56 Å². The number of aliphatic hydroxyl groups excluding tert-OH is 2. The van der Waals surface area contributed by atoms with E-state index in [1.807, 2.05) is 4.98 Å². The third-order valence-electron chi connectivity index (χ3n) is 3.40. The summed E-state index contributed by atoms with van der Waals surface area (Å²) < 4.78 is 33.2. The number of aromatic nitrogens is 2. The summed E-state index contributed by atoms with van der Waals surface area (Å²) in [6.07, 6.45) is -4.17. The Kier molecular flexibility index (Phi) is 5.05. The second kappa shape index (κ2) is 6.57. The monoisotopic (exact) mass is 364 g/mol. The number of carbonyl (C=O) groups is 1. The van der Waals surface area contributed by atoms with Gasteiger partial charge in [0.25, 0.3) is 15.7 Å². The molecule has 0 bridgehead atoms. The van der Waals surface area contributed by atoms with Crippen LogP contribution in [0.15, 0.2) is 15.8 Å². The molecule has 2 heterocycles. The normalized spacial score (nSPS) is 27.3. The molecule has 0 radical (unpaired) electrons. The highest BCUT2D eigenvalue weighted by atomic mass is 32.2. The quantitative estimate of drug-likeness (QED) is 0.373. The number of aliphatic hydroxyl groups is 2. The van der Waals surface area contributed by atoms with Crippen LogP contribution in [0, 0.1) is 0 Å². The predicted octanol–water partition coefficient (Wildman–Crippen LogP) is -2.67. The highest BCUT2D eigenvalue weighted by Gasteiger charge is 2.47. The summed E-state index contributed by atoms with van der Waals surface area (Å²) in [6, 6.07) is 0. The van der Waals surface area contributed by atoms with Gasteiger partial charge < -0.3 is 14.9 Å². The molecule has 0 spiro atoms. The molecule has 0 unspecified atom stereocenters. The van der Waals surface area contributed by atoms with Crippen LogP contribution in [-0.2, 0) is 19.0 Å². The highest BCUT2D eigenvalue weighted by Crippen LogP contribution is 2.31. The van der Waals surface area contributed by atoms with Crippen molar-refractivity contribution >= 4 is 15.9 Å². The highest BCUT2D eigenvalue weighted by molar-refractivity contribution is 7.86. The van der Waals surface area contributed by atoms with Crippen molar-refractivity contribution in [2.24, 2.45) is 0 Å². The van der Waals surface area contributed by atoms with Gasteiger partial charge in [-0.05, 0) is 6.92 Å². The minimum atomic E-state index is -3.98. The van der Waals surface area contributed by atoms with E-state index in [1.54, 1.807) is 0 Å². The van der Waals surface area contributed by atoms with Crippen molar-refractivity contribution in [3.63, 3.8) is 0 Å². The second-order valence-electron chi connectivity index (χ2n) is 5.27. The maximum absolute atomic E-state index is 11.9. The van der Waals surface area contributed by atoms with Gasteiger partial charge in [-0.2, -0.15) is 8.42 Å². The van der Waals surface area contributed by atoms with E-state index in [9.17, 15) is 33.0 Å². The Labute approximate surface area is 135 Å². The van der Waals surface area contributed by atoms with Gasteiger partial charge in [0.05, 0.1) is 18.4 Å². The molecule has 1 aromatic rings. The minimum absolute atomic E-state index is 0.349. The van der Waals surface area contributed by atoms with E-state index in [2.05, 4.69) is 0 Å². The van der Waals surface area contributed by atoms with Crippen LogP contribution < -0.4 is 11.2 Å². The van der Waals surface area contributed by atoms with Gasteiger partial charge in [0.15, 0.2) is 12.0 Å². The van der Waals surface area contributed by atoms with Gasteiger partial charge in [0, 0.05) is 6.20 Å². The molecule has 0 aromatic carbocycles. The van der Waals surface area contributed by atoms with Crippen molar-refractivity contribution < 1.29 is 32.3 Å². The zero-order valence-corrected chi connectivity index (χ0v) is 13.5. The second-order valence-corrected chi connectivity index (χ2v) is 6.87. The standard InChI is InChI=1S/C12H16N2O9S/c1-5(16)6-3-14(12(19)13-10(6)18)11-8(17)9(7(4-15)22-11)23-24(2,20)21/h3,7-9,11,15,17H,4H2,1-2H3,(H,13,18,19)/t7-,8-,9+,11-/m1/s1. The number of ketones is 1. The van der Waals surface area contributed by atoms with Crippen molar-refractivity contribution in [1.82, 2.24) is 9.55 Å². The van der Waals surface area contributed by atoms with Crippen LogP contribution in [-0.4, -0.2) is 65.1 Å². The van der Waals surface area contributed by atoms with Gasteiger partial charge in [-0.3, -0.25) is 23.3 Å². The zero-order chi connectivity index (χ0) is 18.2. The molecule has 11 nitrogen and oxygen atoms in total. The largest absolute Gasteiger partial charge is 0.394 e. The van der Waals surface area contributed by atoms with Gasteiger partial charge in [0.1, 0.15) is 18.3 Å². The fourth-order valence-electron chi connectivity index (χ4n) is 2.34. The number of hydrogen-bond donors (Lipinski definition) is 3. The molecule has 0 saturated carbocycles. The topological polar surface area (TPSA) is 165 Å². The Bertz CT molecular complexity index is 856. The average molecular weight is 364 g/mol. The van der Waals surface area contributed by atoms with E-state index in [4.69, 9.17) is 8.92 Å². The van der Waals surface area contributed by atoms with Gasteiger partial charge in [-0.25, -0.2) is 4.79 Å². The molecule has 1 aliphatic rings. The van der Waals surface area contributed by atoms with Gasteiger partial charge >= 0.3 is 5.69 Å². The molecule has 1 aliphatic heterocycles. The van der Waals surface area contributed by atoms with Crippen molar-refractivity contribution in [2.45, 2.75) is 31.5 Å². The molecule has 1 fully saturated rings. The summed E-state index contributed by atoms with van der Waals surface area (Å²) in [5, 5.41) is 19.5. The fraction of sp³-hybridized carbons (Fsp3) is 0.583. The van der Waals surface area contributed by atoms with Crippen LogP contribution in [0.4, 0.5) is 0 Å². The number of hydrogen-bond acceptors (Lipinski definition) is 9. The zero-order valence-electron chi connectivity index (χ0n) is 12.7. The summed E-state index contributed by atoms with van der Waals surface area (Å²) in [7, 11) is -3.98. The number of aromatic amines is 1. The summed E-state index contributed by atoms with van der Waals surface area (Å²) in [6.45, 7) is 0.419. The SMILES string of the molecule is CC(=O)c1cn([C@@H]2O[C@H](CO)[C@H](OS(C)(=O)=O)[C@H]2O)c(=O)[nH]c1=O. The summed E-state index contributed by atoms with van der Waals surface area (Å²) in [4.78, 5) is 36.8. The molecular weight excluding hydrogens is 348 g/mol.